The number of carbonyl (C=O) groups excluding carboxylic acids is 3. The number of hydrogen-bond donors (Lipinski definition) is 0. The fraction of sp³-hybridized carbons (Fsp3) is 0.625. The highest BCUT2D eigenvalue weighted by atomic mass is 16.5. The minimum Gasteiger partial charge on any atom is -0.362 e. The van der Waals surface area contributed by atoms with Crippen molar-refractivity contribution >= 4 is 23.3 Å². The molecule has 5 heteroatoms. The van der Waals surface area contributed by atoms with Crippen LogP contribution < -0.4 is 4.90 Å². The number of Topliss-reactive ketones (excluding diaryl/α,β-unsaturated/α-hetero) is 1. The van der Waals surface area contributed by atoms with Gasteiger partial charge in [-0.2, -0.15) is 0 Å². The molecule has 6 aliphatic rings. The van der Waals surface area contributed by atoms with Gasteiger partial charge >= 0.3 is 0 Å². The van der Waals surface area contributed by atoms with Crippen molar-refractivity contribution in [3.05, 3.63) is 30.3 Å². The number of anilines is 1. The topological polar surface area (TPSA) is 63.7 Å². The van der Waals surface area contributed by atoms with Crippen molar-refractivity contribution in [1.82, 2.24) is 0 Å². The van der Waals surface area contributed by atoms with E-state index in [4.69, 9.17) is 4.74 Å². The van der Waals surface area contributed by atoms with Crippen LogP contribution in [0.2, 0.25) is 0 Å². The number of nitrogens with zero attached hydrogens (tertiary/aromatic N) is 1. The Morgan fingerprint density at radius 3 is 2.41 bits per heavy atom. The average molecular weight is 391 g/mol. The maximum atomic E-state index is 13.5. The molecule has 3 heterocycles. The van der Waals surface area contributed by atoms with E-state index in [-0.39, 0.29) is 59.2 Å². The van der Waals surface area contributed by atoms with Crippen LogP contribution in [0.3, 0.4) is 0 Å². The van der Waals surface area contributed by atoms with Crippen LogP contribution in [0.5, 0.6) is 0 Å². The largest absolute Gasteiger partial charge is 0.362 e. The molecule has 6 fully saturated rings. The second-order valence-electron chi connectivity index (χ2n) is 10.4. The number of ketones is 1. The maximum absolute atomic E-state index is 13.5. The third-order valence-electron chi connectivity index (χ3n) is 9.69. The van der Waals surface area contributed by atoms with Crippen LogP contribution in [-0.4, -0.2) is 29.3 Å². The molecule has 3 aliphatic carbocycles. The average Bonchev–Trinajstić information content (AvgIpc) is 3.47. The molecule has 3 saturated heterocycles. The molecule has 0 N–H and O–H groups in total. The summed E-state index contributed by atoms with van der Waals surface area (Å²) >= 11 is 0. The van der Waals surface area contributed by atoms with E-state index < -0.39 is 11.0 Å². The highest BCUT2D eigenvalue weighted by Gasteiger charge is 2.82. The molecule has 5 nitrogen and oxygen atoms in total. The Morgan fingerprint density at radius 1 is 0.966 bits per heavy atom. The maximum Gasteiger partial charge on any atom is 0.237 e. The summed E-state index contributed by atoms with van der Waals surface area (Å²) in [5, 5.41) is 0. The minimum absolute atomic E-state index is 0.0276. The Bertz CT molecular complexity index is 974. The van der Waals surface area contributed by atoms with Crippen LogP contribution in [0, 0.1) is 40.9 Å². The molecule has 3 aliphatic heterocycles. The van der Waals surface area contributed by atoms with Gasteiger partial charge in [0.05, 0.1) is 28.5 Å². The van der Waals surface area contributed by atoms with Crippen molar-refractivity contribution in [1.29, 1.82) is 0 Å². The minimum atomic E-state index is -0.401. The van der Waals surface area contributed by atoms with Crippen molar-refractivity contribution in [3.63, 3.8) is 0 Å². The van der Waals surface area contributed by atoms with Gasteiger partial charge in [0, 0.05) is 5.92 Å². The number of amides is 2. The second-order valence-corrected chi connectivity index (χ2v) is 10.4. The van der Waals surface area contributed by atoms with Crippen molar-refractivity contribution < 1.29 is 19.1 Å². The van der Waals surface area contributed by atoms with E-state index in [0.717, 1.165) is 32.1 Å². The molecule has 9 atom stereocenters. The summed E-state index contributed by atoms with van der Waals surface area (Å²) < 4.78 is 6.59. The van der Waals surface area contributed by atoms with E-state index >= 15 is 0 Å². The number of ether oxygens (including phenoxy) is 1. The van der Waals surface area contributed by atoms with Crippen molar-refractivity contribution in [2.45, 2.75) is 50.7 Å². The lowest BCUT2D eigenvalue weighted by Gasteiger charge is -2.52. The third kappa shape index (κ3) is 1.59. The smallest absolute Gasteiger partial charge is 0.237 e. The summed E-state index contributed by atoms with van der Waals surface area (Å²) in [4.78, 5) is 41.7. The summed E-state index contributed by atoms with van der Waals surface area (Å²) in [6.07, 6.45) is 4.56. The van der Waals surface area contributed by atoms with Gasteiger partial charge in [-0.15, -0.1) is 0 Å². The van der Waals surface area contributed by atoms with Crippen LogP contribution in [-0.2, 0) is 19.1 Å². The number of hydrogen-bond acceptors (Lipinski definition) is 4. The molecule has 0 radical (unpaired) electrons. The summed E-state index contributed by atoms with van der Waals surface area (Å²) in [6.45, 7) is 2.12. The monoisotopic (exact) mass is 391 g/mol. The molecule has 3 saturated carbocycles. The zero-order valence-electron chi connectivity index (χ0n) is 16.5. The molecule has 2 amide bonds. The third-order valence-corrected chi connectivity index (χ3v) is 9.69. The normalized spacial score (nSPS) is 51.6. The van der Waals surface area contributed by atoms with Crippen LogP contribution in [0.25, 0.3) is 0 Å². The molecular weight excluding hydrogens is 366 g/mol. The predicted molar refractivity (Wildman–Crippen MR) is 104 cm³/mol. The highest BCUT2D eigenvalue weighted by Crippen LogP contribution is 2.75. The van der Waals surface area contributed by atoms with Crippen LogP contribution in [0.15, 0.2) is 30.3 Å². The fourth-order valence-corrected chi connectivity index (χ4v) is 8.77. The van der Waals surface area contributed by atoms with Gasteiger partial charge < -0.3 is 4.74 Å². The molecule has 1 aromatic carbocycles. The summed E-state index contributed by atoms with van der Waals surface area (Å²) in [7, 11) is 0. The SMILES string of the molecule is C[C@@]12CCCC[C@]13O[C@H](C2=O)[C@H]1[C@H]2C[C@H]([C@H]4C(=O)N(c5ccccc5)C(=O)[C@@H]24)[C@H]13. The lowest BCUT2D eigenvalue weighted by molar-refractivity contribution is -0.146. The number of rotatable bonds is 1. The van der Waals surface area contributed by atoms with E-state index in [1.807, 2.05) is 30.3 Å². The van der Waals surface area contributed by atoms with Crippen molar-refractivity contribution in [2.24, 2.45) is 40.9 Å². The van der Waals surface area contributed by atoms with Gasteiger partial charge in [-0.25, -0.2) is 0 Å². The molecule has 0 unspecified atom stereocenters. The van der Waals surface area contributed by atoms with E-state index in [0.29, 0.717) is 5.69 Å². The van der Waals surface area contributed by atoms with Gasteiger partial charge in [-0.05, 0) is 56.1 Å². The Morgan fingerprint density at radius 2 is 1.66 bits per heavy atom. The number of benzene rings is 1. The van der Waals surface area contributed by atoms with Gasteiger partial charge in [0.2, 0.25) is 11.8 Å². The Balaban J connectivity index is 1.33. The first-order chi connectivity index (χ1) is 14.0. The van der Waals surface area contributed by atoms with Crippen molar-refractivity contribution in [3.8, 4) is 0 Å². The zero-order chi connectivity index (χ0) is 19.7. The molecule has 4 bridgehead atoms. The number of carbonyl (C=O) groups is 3. The first kappa shape index (κ1) is 16.8. The summed E-state index contributed by atoms with van der Waals surface area (Å²) in [5.41, 5.74) is -0.120. The Labute approximate surface area is 169 Å². The lowest BCUT2D eigenvalue weighted by Crippen LogP contribution is -2.60. The molecule has 1 aromatic rings. The molecule has 29 heavy (non-hydrogen) atoms. The number of fused-ring (bicyclic) bond motifs is 10. The van der Waals surface area contributed by atoms with Crippen LogP contribution in [0.1, 0.15) is 39.0 Å². The molecular formula is C24H25NO4. The molecule has 1 spiro atoms. The van der Waals surface area contributed by atoms with Gasteiger partial charge in [-0.3, -0.25) is 19.3 Å². The highest BCUT2D eigenvalue weighted by molar-refractivity contribution is 6.22. The first-order valence-electron chi connectivity index (χ1n) is 11.1. The van der Waals surface area contributed by atoms with E-state index in [9.17, 15) is 14.4 Å². The van der Waals surface area contributed by atoms with Crippen LogP contribution >= 0.6 is 0 Å². The first-order valence-corrected chi connectivity index (χ1v) is 11.1. The van der Waals surface area contributed by atoms with Crippen LogP contribution in [0.4, 0.5) is 5.69 Å². The quantitative estimate of drug-likeness (QED) is 0.691. The van der Waals surface area contributed by atoms with Crippen molar-refractivity contribution in [2.75, 3.05) is 4.90 Å². The zero-order valence-corrected chi connectivity index (χ0v) is 16.5. The lowest BCUT2D eigenvalue weighted by atomic mass is 9.48. The number of imide groups is 1. The van der Waals surface area contributed by atoms with E-state index in [1.165, 1.54) is 4.90 Å². The van der Waals surface area contributed by atoms with Gasteiger partial charge in [-0.1, -0.05) is 31.0 Å². The molecule has 7 rings (SSSR count). The van der Waals surface area contributed by atoms with E-state index in [2.05, 4.69) is 6.92 Å². The van der Waals surface area contributed by atoms with Gasteiger partial charge in [0.1, 0.15) is 6.10 Å². The number of para-hydroxylation sites is 1. The molecule has 150 valence electrons. The second kappa shape index (κ2) is 5.00. The van der Waals surface area contributed by atoms with Gasteiger partial charge in [0.15, 0.2) is 5.78 Å². The predicted octanol–water partition coefficient (Wildman–Crippen LogP) is 2.97. The summed E-state index contributed by atoms with van der Waals surface area (Å²) in [6, 6.07) is 9.31. The Hall–Kier alpha value is -2.01. The standard InChI is InChI=1S/C24H25NO4/c1-23-9-5-6-10-24(23)18-14-11-13(17(18)19(29-24)20(23)26)15-16(14)22(28)25(21(15)27)12-7-3-2-4-8-12/h2-4,7-8,13-19H,5-6,9-11H2,1H3/t13-,14+,15-,16+,17-,18+,19-,23-,24+/m0/s1. The van der Waals surface area contributed by atoms with Gasteiger partial charge in [0.25, 0.3) is 0 Å². The fourth-order valence-electron chi connectivity index (χ4n) is 8.77. The summed E-state index contributed by atoms with van der Waals surface area (Å²) in [5.74, 6) is 0.372. The van der Waals surface area contributed by atoms with E-state index in [1.54, 1.807) is 0 Å². The molecule has 0 aromatic heterocycles. The Kier molecular flexibility index (Phi) is 2.89.